The van der Waals surface area contributed by atoms with Gasteiger partial charge in [0.1, 0.15) is 6.04 Å². The van der Waals surface area contributed by atoms with Crippen molar-refractivity contribution in [2.24, 2.45) is 0 Å². The molecule has 0 aromatic heterocycles. The average molecular weight is 446 g/mol. The molecule has 1 fully saturated rings. The first-order valence-electron chi connectivity index (χ1n) is 10.9. The summed E-state index contributed by atoms with van der Waals surface area (Å²) in [6.07, 6.45) is 0. The zero-order chi connectivity index (χ0) is 23.0. The number of nitrogens with zero attached hydrogens (tertiary/aromatic N) is 1. The maximum absolute atomic E-state index is 12.6. The lowest BCUT2D eigenvalue weighted by Gasteiger charge is -2.29. The molecule has 3 aromatic carbocycles. The van der Waals surface area contributed by atoms with Crippen LogP contribution in [0.3, 0.4) is 0 Å². The number of carbonyl (C=O) groups excluding carboxylic acids is 2. The van der Waals surface area contributed by atoms with E-state index in [9.17, 15) is 14.7 Å². The van der Waals surface area contributed by atoms with Crippen molar-refractivity contribution in [1.82, 2.24) is 5.32 Å². The van der Waals surface area contributed by atoms with E-state index in [-0.39, 0.29) is 0 Å². The molecule has 3 aromatic rings. The minimum Gasteiger partial charge on any atom is -0.394 e. The number of hydrogen-bond donors (Lipinski definition) is 3. The molecule has 1 heterocycles. The second-order valence-electron chi connectivity index (χ2n) is 7.79. The number of anilines is 2. The lowest BCUT2D eigenvalue weighted by Crippen LogP contribution is -2.46. The van der Waals surface area contributed by atoms with Gasteiger partial charge < -0.3 is 25.4 Å². The highest BCUT2D eigenvalue weighted by Crippen LogP contribution is 2.20. The molecule has 3 N–H and O–H groups in total. The molecule has 7 heteroatoms. The third-order valence-corrected chi connectivity index (χ3v) is 5.57. The van der Waals surface area contributed by atoms with Gasteiger partial charge in [0.15, 0.2) is 0 Å². The van der Waals surface area contributed by atoms with E-state index in [0.717, 1.165) is 29.9 Å². The normalized spacial score (nSPS) is 14.4. The molecule has 0 unspecified atom stereocenters. The third-order valence-electron chi connectivity index (χ3n) is 5.57. The number of aliphatic hydroxyl groups is 1. The van der Waals surface area contributed by atoms with Gasteiger partial charge in [0, 0.05) is 30.0 Å². The average Bonchev–Trinajstić information content (AvgIpc) is 2.88. The van der Waals surface area contributed by atoms with E-state index in [0.29, 0.717) is 24.5 Å². The zero-order valence-corrected chi connectivity index (χ0v) is 18.2. The fraction of sp³-hybridized carbons (Fsp3) is 0.231. The van der Waals surface area contributed by atoms with Gasteiger partial charge in [0.25, 0.3) is 5.91 Å². The van der Waals surface area contributed by atoms with Crippen molar-refractivity contribution in [3.8, 4) is 11.1 Å². The number of ether oxygens (including phenoxy) is 1. The molecule has 0 aliphatic carbocycles. The van der Waals surface area contributed by atoms with E-state index in [2.05, 4.69) is 15.5 Å². The topological polar surface area (TPSA) is 90.9 Å². The van der Waals surface area contributed by atoms with Crippen LogP contribution in [-0.4, -0.2) is 55.9 Å². The summed E-state index contributed by atoms with van der Waals surface area (Å²) in [6.45, 7) is 2.55. The molecule has 0 bridgehead atoms. The molecule has 2 amide bonds. The Kier molecular flexibility index (Phi) is 7.34. The summed E-state index contributed by atoms with van der Waals surface area (Å²) < 4.78 is 5.37. The zero-order valence-electron chi connectivity index (χ0n) is 18.2. The van der Waals surface area contributed by atoms with E-state index in [4.69, 9.17) is 4.74 Å². The van der Waals surface area contributed by atoms with Crippen molar-refractivity contribution in [3.63, 3.8) is 0 Å². The van der Waals surface area contributed by atoms with Crippen LogP contribution in [0.5, 0.6) is 0 Å². The lowest BCUT2D eigenvalue weighted by atomic mass is 10.0. The highest BCUT2D eigenvalue weighted by Gasteiger charge is 2.21. The van der Waals surface area contributed by atoms with Crippen molar-refractivity contribution in [2.75, 3.05) is 43.1 Å². The number of amides is 2. The monoisotopic (exact) mass is 445 g/mol. The van der Waals surface area contributed by atoms with Crippen molar-refractivity contribution in [3.05, 3.63) is 84.4 Å². The van der Waals surface area contributed by atoms with Gasteiger partial charge in [-0.25, -0.2) is 0 Å². The Morgan fingerprint density at radius 2 is 1.52 bits per heavy atom. The standard InChI is InChI=1S/C26H27N3O4/c30-18-24(26(32)27-22-10-12-23(13-11-22)29-14-16-33-17-15-29)28-25(31)21-8-6-20(7-9-21)19-4-2-1-3-5-19/h1-13,24,30H,14-18H2,(H,27,32)(H,28,31)/t24-/m0/s1. The first kappa shape index (κ1) is 22.5. The van der Waals surface area contributed by atoms with E-state index in [1.54, 1.807) is 24.3 Å². The van der Waals surface area contributed by atoms with Crippen LogP contribution in [0.25, 0.3) is 11.1 Å². The summed E-state index contributed by atoms with van der Waals surface area (Å²) in [5.74, 6) is -0.905. The Morgan fingerprint density at radius 1 is 0.879 bits per heavy atom. The van der Waals surface area contributed by atoms with Crippen molar-refractivity contribution in [1.29, 1.82) is 0 Å². The summed E-state index contributed by atoms with van der Waals surface area (Å²) >= 11 is 0. The first-order valence-corrected chi connectivity index (χ1v) is 10.9. The van der Waals surface area contributed by atoms with E-state index in [1.807, 2.05) is 54.6 Å². The quantitative estimate of drug-likeness (QED) is 0.520. The molecule has 7 nitrogen and oxygen atoms in total. The second kappa shape index (κ2) is 10.8. The van der Waals surface area contributed by atoms with Crippen LogP contribution < -0.4 is 15.5 Å². The van der Waals surface area contributed by atoms with Crippen molar-refractivity contribution >= 4 is 23.2 Å². The molecule has 4 rings (SSSR count). The van der Waals surface area contributed by atoms with Crippen LogP contribution in [0.4, 0.5) is 11.4 Å². The molecule has 1 atom stereocenters. The molecule has 0 saturated carbocycles. The van der Waals surface area contributed by atoms with Crippen LogP contribution in [-0.2, 0) is 9.53 Å². The van der Waals surface area contributed by atoms with E-state index in [1.165, 1.54) is 0 Å². The molecule has 1 aliphatic rings. The number of rotatable bonds is 7. The highest BCUT2D eigenvalue weighted by molar-refractivity contribution is 6.01. The van der Waals surface area contributed by atoms with Gasteiger partial charge >= 0.3 is 0 Å². The van der Waals surface area contributed by atoms with Crippen LogP contribution in [0.15, 0.2) is 78.9 Å². The number of carbonyl (C=O) groups is 2. The third kappa shape index (κ3) is 5.77. The summed E-state index contributed by atoms with van der Waals surface area (Å²) in [6, 6.07) is 23.4. The number of aliphatic hydroxyl groups excluding tert-OH is 1. The van der Waals surface area contributed by atoms with Gasteiger partial charge in [-0.05, 0) is 47.5 Å². The maximum Gasteiger partial charge on any atom is 0.251 e. The Hall–Kier alpha value is -3.68. The molecule has 0 radical (unpaired) electrons. The van der Waals surface area contributed by atoms with Crippen molar-refractivity contribution in [2.45, 2.75) is 6.04 Å². The predicted molar refractivity (Wildman–Crippen MR) is 128 cm³/mol. The predicted octanol–water partition coefficient (Wildman–Crippen LogP) is 2.92. The summed E-state index contributed by atoms with van der Waals surface area (Å²) in [5.41, 5.74) is 4.11. The molecule has 1 aliphatic heterocycles. The van der Waals surface area contributed by atoms with Gasteiger partial charge in [-0.15, -0.1) is 0 Å². The summed E-state index contributed by atoms with van der Waals surface area (Å²) in [7, 11) is 0. The van der Waals surface area contributed by atoms with Gasteiger partial charge in [-0.1, -0.05) is 42.5 Å². The first-order chi connectivity index (χ1) is 16.1. The Balaban J connectivity index is 1.35. The Morgan fingerprint density at radius 3 is 2.15 bits per heavy atom. The molecular weight excluding hydrogens is 418 g/mol. The van der Waals surface area contributed by atoms with Crippen LogP contribution in [0, 0.1) is 0 Å². The van der Waals surface area contributed by atoms with Gasteiger partial charge in [0.2, 0.25) is 5.91 Å². The van der Waals surface area contributed by atoms with Gasteiger partial charge in [-0.2, -0.15) is 0 Å². The largest absolute Gasteiger partial charge is 0.394 e. The number of benzene rings is 3. The van der Waals surface area contributed by atoms with Gasteiger partial charge in [-0.3, -0.25) is 9.59 Å². The minimum atomic E-state index is -1.06. The van der Waals surface area contributed by atoms with Crippen LogP contribution >= 0.6 is 0 Å². The van der Waals surface area contributed by atoms with Crippen LogP contribution in [0.1, 0.15) is 10.4 Å². The fourth-order valence-electron chi connectivity index (χ4n) is 3.69. The fourth-order valence-corrected chi connectivity index (χ4v) is 3.69. The maximum atomic E-state index is 12.6. The second-order valence-corrected chi connectivity index (χ2v) is 7.79. The van der Waals surface area contributed by atoms with E-state index >= 15 is 0 Å². The molecule has 170 valence electrons. The van der Waals surface area contributed by atoms with Crippen molar-refractivity contribution < 1.29 is 19.4 Å². The molecular formula is C26H27N3O4. The SMILES string of the molecule is O=C(N[C@@H](CO)C(=O)Nc1ccc(N2CCOCC2)cc1)c1ccc(-c2ccccc2)cc1. The highest BCUT2D eigenvalue weighted by atomic mass is 16.5. The lowest BCUT2D eigenvalue weighted by molar-refractivity contribution is -0.118. The minimum absolute atomic E-state index is 0.413. The van der Waals surface area contributed by atoms with Crippen LogP contribution in [0.2, 0.25) is 0 Å². The number of hydrogen-bond acceptors (Lipinski definition) is 5. The molecule has 33 heavy (non-hydrogen) atoms. The number of nitrogens with one attached hydrogen (secondary N) is 2. The summed E-state index contributed by atoms with van der Waals surface area (Å²) in [5, 5.41) is 15.0. The number of morpholine rings is 1. The summed E-state index contributed by atoms with van der Waals surface area (Å²) in [4.78, 5) is 27.5. The molecule has 1 saturated heterocycles. The molecule has 0 spiro atoms. The van der Waals surface area contributed by atoms with E-state index < -0.39 is 24.5 Å². The Labute approximate surface area is 193 Å². The smallest absolute Gasteiger partial charge is 0.251 e. The Bertz CT molecular complexity index is 1060. The van der Waals surface area contributed by atoms with Gasteiger partial charge in [0.05, 0.1) is 19.8 Å².